The van der Waals surface area contributed by atoms with E-state index in [2.05, 4.69) is 10.3 Å². The Bertz CT molecular complexity index is 830. The summed E-state index contributed by atoms with van der Waals surface area (Å²) >= 11 is 18.2. The lowest BCUT2D eigenvalue weighted by Gasteiger charge is -2.22. The lowest BCUT2D eigenvalue weighted by Crippen LogP contribution is -2.35. The van der Waals surface area contributed by atoms with E-state index in [1.165, 1.54) is 15.8 Å². The minimum atomic E-state index is -0.770. The molecule has 0 radical (unpaired) electrons. The highest BCUT2D eigenvalue weighted by atomic mass is 35.5. The Morgan fingerprint density at radius 3 is 2.63 bits per heavy atom. The first kappa shape index (κ1) is 19.6. The van der Waals surface area contributed by atoms with E-state index < -0.39 is 5.50 Å². The van der Waals surface area contributed by atoms with E-state index in [1.807, 2.05) is 36.4 Å². The number of hydrazone groups is 1. The largest absolute Gasteiger partial charge is 0.493 e. The zero-order valence-corrected chi connectivity index (χ0v) is 16.4. The average molecular weight is 428 g/mol. The molecule has 0 spiro atoms. The second kappa shape index (κ2) is 9.17. The first-order chi connectivity index (χ1) is 13.1. The molecule has 0 bridgehead atoms. The van der Waals surface area contributed by atoms with Crippen LogP contribution in [0.1, 0.15) is 11.1 Å². The zero-order valence-electron chi connectivity index (χ0n) is 14.2. The van der Waals surface area contributed by atoms with Gasteiger partial charge in [-0.05, 0) is 29.8 Å². The predicted octanol–water partition coefficient (Wildman–Crippen LogP) is 4.38. The summed E-state index contributed by atoms with van der Waals surface area (Å²) in [5, 5.41) is 19.2. The maximum absolute atomic E-state index is 9.56. The fraction of sp³-hybridized carbons (Fsp3) is 0.222. The third-order valence-corrected chi connectivity index (χ3v) is 4.83. The van der Waals surface area contributed by atoms with E-state index in [1.54, 1.807) is 12.1 Å². The minimum absolute atomic E-state index is 0.288. The molecule has 0 aromatic heterocycles. The van der Waals surface area contributed by atoms with Gasteiger partial charge in [0.2, 0.25) is 0 Å². The highest BCUT2D eigenvalue weighted by Gasteiger charge is 2.27. The number of halogens is 3. The van der Waals surface area contributed by atoms with Gasteiger partial charge in [0.15, 0.2) is 5.50 Å². The van der Waals surface area contributed by atoms with Gasteiger partial charge in [-0.3, -0.25) is 9.43 Å². The highest BCUT2D eigenvalue weighted by Crippen LogP contribution is 2.21. The van der Waals surface area contributed by atoms with E-state index in [9.17, 15) is 5.21 Å². The number of hydrogen-bond donors (Lipinski definition) is 1. The van der Waals surface area contributed by atoms with Gasteiger partial charge >= 0.3 is 0 Å². The van der Waals surface area contributed by atoms with Gasteiger partial charge in [0.05, 0.1) is 6.61 Å². The lowest BCUT2D eigenvalue weighted by molar-refractivity contribution is 0.279. The normalized spacial score (nSPS) is 15.3. The molecule has 3 rings (SSSR count). The van der Waals surface area contributed by atoms with E-state index in [0.29, 0.717) is 23.8 Å². The van der Waals surface area contributed by atoms with Gasteiger partial charge in [-0.2, -0.15) is 5.10 Å². The number of benzene rings is 2. The average Bonchev–Trinajstić information content (AvgIpc) is 3.11. The Morgan fingerprint density at radius 2 is 1.96 bits per heavy atom. The van der Waals surface area contributed by atoms with Crippen molar-refractivity contribution >= 4 is 47.0 Å². The van der Waals surface area contributed by atoms with Crippen molar-refractivity contribution in [3.63, 3.8) is 0 Å². The minimum Gasteiger partial charge on any atom is -0.493 e. The molecule has 0 saturated heterocycles. The van der Waals surface area contributed by atoms with Crippen LogP contribution in [-0.2, 0) is 6.42 Å². The molecule has 1 heterocycles. The van der Waals surface area contributed by atoms with Crippen LogP contribution >= 0.6 is 35.0 Å². The third-order valence-electron chi connectivity index (χ3n) is 3.95. The number of oxime groups is 1. The predicted molar refractivity (Wildman–Crippen MR) is 108 cm³/mol. The molecule has 142 valence electrons. The summed E-state index contributed by atoms with van der Waals surface area (Å²) in [4.78, 5) is 0. The number of rotatable bonds is 7. The standard InChI is InChI=1S/C18H17Cl3N4O2/c19-14-5-7-15(8-6-14)27-10-9-13-3-1-2-4-16(13)17(23-26)18(20)25-12-24(21)11-22-25/h1-8,11,18,26H,9-10,12H2. The van der Waals surface area contributed by atoms with Gasteiger partial charge in [0.1, 0.15) is 24.5 Å². The van der Waals surface area contributed by atoms with Crippen molar-refractivity contribution in [2.45, 2.75) is 11.9 Å². The van der Waals surface area contributed by atoms with Gasteiger partial charge in [-0.25, -0.2) is 0 Å². The van der Waals surface area contributed by atoms with Crippen LogP contribution in [0.5, 0.6) is 5.75 Å². The maximum atomic E-state index is 9.56. The van der Waals surface area contributed by atoms with Crippen LogP contribution < -0.4 is 4.74 Å². The second-order valence-electron chi connectivity index (χ2n) is 5.74. The molecule has 9 heteroatoms. The third kappa shape index (κ3) is 4.97. The molecule has 0 aliphatic carbocycles. The molecule has 1 aliphatic heterocycles. The van der Waals surface area contributed by atoms with Crippen molar-refractivity contribution in [1.82, 2.24) is 9.43 Å². The summed E-state index contributed by atoms with van der Waals surface area (Å²) in [6.45, 7) is 0.734. The Balaban J connectivity index is 1.70. The molecular formula is C18H17Cl3N4O2. The molecule has 1 N–H and O–H groups in total. The number of hydrogen-bond acceptors (Lipinski definition) is 6. The Hall–Kier alpha value is -2.15. The number of alkyl halides is 1. The van der Waals surface area contributed by atoms with Gasteiger partial charge in [0.25, 0.3) is 0 Å². The van der Waals surface area contributed by atoms with E-state index in [-0.39, 0.29) is 6.67 Å². The quantitative estimate of drug-likeness (QED) is 0.178. The van der Waals surface area contributed by atoms with Gasteiger partial charge in [-0.15, -0.1) is 0 Å². The molecule has 0 saturated carbocycles. The van der Waals surface area contributed by atoms with Crippen molar-refractivity contribution in [1.29, 1.82) is 0 Å². The van der Waals surface area contributed by atoms with Crippen LogP contribution in [0.4, 0.5) is 0 Å². The van der Waals surface area contributed by atoms with E-state index in [0.717, 1.165) is 16.9 Å². The van der Waals surface area contributed by atoms with Gasteiger partial charge in [-0.1, -0.05) is 52.6 Å². The number of ether oxygens (including phenoxy) is 1. The van der Waals surface area contributed by atoms with Gasteiger partial charge in [0, 0.05) is 28.8 Å². The lowest BCUT2D eigenvalue weighted by atomic mass is 10.0. The molecule has 0 amide bonds. The number of nitrogens with zero attached hydrogens (tertiary/aromatic N) is 4. The van der Waals surface area contributed by atoms with Crippen LogP contribution in [0.25, 0.3) is 0 Å². The Kier molecular flexibility index (Phi) is 6.66. The van der Waals surface area contributed by atoms with Crippen LogP contribution in [0.3, 0.4) is 0 Å². The van der Waals surface area contributed by atoms with Crippen molar-refractivity contribution in [3.8, 4) is 5.75 Å². The second-order valence-corrected chi connectivity index (χ2v) is 7.03. The molecule has 27 heavy (non-hydrogen) atoms. The molecule has 2 aromatic carbocycles. The van der Waals surface area contributed by atoms with Crippen molar-refractivity contribution in [2.75, 3.05) is 13.3 Å². The summed E-state index contributed by atoms with van der Waals surface area (Å²) in [5.74, 6) is 0.733. The summed E-state index contributed by atoms with van der Waals surface area (Å²) in [5.41, 5.74) is 1.19. The Labute approximate surface area is 172 Å². The molecule has 6 nitrogen and oxygen atoms in total. The summed E-state index contributed by atoms with van der Waals surface area (Å²) in [6, 6.07) is 14.7. The van der Waals surface area contributed by atoms with Crippen LogP contribution in [0, 0.1) is 0 Å². The first-order valence-electron chi connectivity index (χ1n) is 8.14. The summed E-state index contributed by atoms with van der Waals surface area (Å²) < 4.78 is 7.11. The van der Waals surface area contributed by atoms with Crippen molar-refractivity contribution < 1.29 is 9.94 Å². The highest BCUT2D eigenvalue weighted by molar-refractivity contribution is 6.35. The Morgan fingerprint density at radius 1 is 1.22 bits per heavy atom. The fourth-order valence-corrected chi connectivity index (χ4v) is 3.18. The molecular weight excluding hydrogens is 411 g/mol. The van der Waals surface area contributed by atoms with Gasteiger partial charge < -0.3 is 9.94 Å². The van der Waals surface area contributed by atoms with Crippen LogP contribution in [0.15, 0.2) is 58.8 Å². The van der Waals surface area contributed by atoms with Crippen molar-refractivity contribution in [3.05, 3.63) is 64.7 Å². The SMILES string of the molecule is ON=C(c1ccccc1CCOc1ccc(Cl)cc1)C(Cl)N1CN(Cl)C=N1. The molecule has 1 aliphatic rings. The van der Waals surface area contributed by atoms with E-state index in [4.69, 9.17) is 39.7 Å². The van der Waals surface area contributed by atoms with Crippen molar-refractivity contribution in [2.24, 2.45) is 10.3 Å². The maximum Gasteiger partial charge on any atom is 0.168 e. The summed E-state index contributed by atoms with van der Waals surface area (Å²) in [6.07, 6.45) is 2.05. The monoisotopic (exact) mass is 426 g/mol. The zero-order chi connectivity index (χ0) is 19.2. The molecule has 0 fully saturated rings. The first-order valence-corrected chi connectivity index (χ1v) is 9.29. The van der Waals surface area contributed by atoms with E-state index >= 15 is 0 Å². The topological polar surface area (TPSA) is 60.7 Å². The van der Waals surface area contributed by atoms with Crippen LogP contribution in [0.2, 0.25) is 5.02 Å². The molecule has 2 aromatic rings. The van der Waals surface area contributed by atoms with Crippen LogP contribution in [-0.4, -0.2) is 45.5 Å². The molecule has 1 unspecified atom stereocenters. The smallest absolute Gasteiger partial charge is 0.168 e. The summed E-state index contributed by atoms with van der Waals surface area (Å²) in [7, 11) is 0. The fourth-order valence-electron chi connectivity index (χ4n) is 2.63. The molecule has 1 atom stereocenters.